The number of morpholine rings is 1. The molecule has 0 spiro atoms. The number of unbranched alkanes of at least 4 members (excludes halogenated alkanes) is 1. The summed E-state index contributed by atoms with van der Waals surface area (Å²) in [5.74, 6) is 0.617. The summed E-state index contributed by atoms with van der Waals surface area (Å²) >= 11 is 6.89. The number of ether oxygens (including phenoxy) is 3. The summed E-state index contributed by atoms with van der Waals surface area (Å²) in [4.78, 5) is 52.2. The zero-order valence-corrected chi connectivity index (χ0v) is 29.6. The molecule has 3 amide bonds. The van der Waals surface area contributed by atoms with Crippen LogP contribution in [0.2, 0.25) is 5.15 Å². The minimum absolute atomic E-state index is 0.0145. The summed E-state index contributed by atoms with van der Waals surface area (Å²) in [5, 5.41) is 0.229. The first-order valence-electron chi connectivity index (χ1n) is 17.3. The summed E-state index contributed by atoms with van der Waals surface area (Å²) in [5.41, 5.74) is -0.287. The van der Waals surface area contributed by atoms with Gasteiger partial charge in [0.2, 0.25) is 5.91 Å². The first-order chi connectivity index (χ1) is 21.9. The fourth-order valence-electron chi connectivity index (χ4n) is 6.98. The molecule has 2 saturated heterocycles. The van der Waals surface area contributed by atoms with Gasteiger partial charge < -0.3 is 33.5 Å². The van der Waals surface area contributed by atoms with Gasteiger partial charge in [-0.15, -0.1) is 0 Å². The van der Waals surface area contributed by atoms with Gasteiger partial charge >= 0.3 is 6.09 Å². The number of likely N-dealkylation sites (tertiary alicyclic amines) is 1. The van der Waals surface area contributed by atoms with E-state index >= 15 is 0 Å². The van der Waals surface area contributed by atoms with Crippen LogP contribution in [0, 0.1) is 11.8 Å². The number of amides is 3. The van der Waals surface area contributed by atoms with E-state index in [4.69, 9.17) is 30.8 Å². The third kappa shape index (κ3) is 9.60. The van der Waals surface area contributed by atoms with Crippen LogP contribution in [0.25, 0.3) is 0 Å². The van der Waals surface area contributed by atoms with E-state index in [9.17, 15) is 14.4 Å². The maximum absolute atomic E-state index is 14.8. The van der Waals surface area contributed by atoms with Crippen LogP contribution < -0.4 is 0 Å². The molecule has 1 saturated carbocycles. The Morgan fingerprint density at radius 3 is 2.37 bits per heavy atom. The van der Waals surface area contributed by atoms with Crippen molar-refractivity contribution in [2.24, 2.45) is 11.8 Å². The second-order valence-electron chi connectivity index (χ2n) is 14.6. The summed E-state index contributed by atoms with van der Waals surface area (Å²) < 4.78 is 18.6. The number of methoxy groups -OCH3 is 1. The van der Waals surface area contributed by atoms with Gasteiger partial charge in [0.25, 0.3) is 5.91 Å². The number of aromatic nitrogens is 2. The number of imidazole rings is 1. The lowest BCUT2D eigenvalue weighted by Crippen LogP contribution is -2.58. The summed E-state index contributed by atoms with van der Waals surface area (Å²) in [6.07, 6.45) is 7.23. The Labute approximate surface area is 280 Å². The minimum atomic E-state index is -0.695. The van der Waals surface area contributed by atoms with Crippen LogP contribution in [0.5, 0.6) is 0 Å². The molecule has 2 aliphatic heterocycles. The number of rotatable bonds is 11. The average Bonchev–Trinajstić information content (AvgIpc) is 3.36. The monoisotopic (exact) mass is 665 g/mol. The smallest absolute Gasteiger partial charge is 0.410 e. The van der Waals surface area contributed by atoms with Gasteiger partial charge in [0.1, 0.15) is 17.1 Å². The highest BCUT2D eigenvalue weighted by molar-refractivity contribution is 6.32. The molecule has 1 aliphatic carbocycles. The zero-order valence-electron chi connectivity index (χ0n) is 28.9. The van der Waals surface area contributed by atoms with Crippen LogP contribution in [0.15, 0.2) is 0 Å². The molecular weight excluding hydrogens is 610 g/mol. The van der Waals surface area contributed by atoms with Gasteiger partial charge in [-0.25, -0.2) is 9.78 Å². The standard InChI is InChI=1S/C34H56ClN5O6/c1-24(2)21-40(32(42)28-29(35)36-30(25-12-8-7-9-13-25)39(28)14-10-11-17-44-6)27-20-26(31(41)37-15-18-45-19-16-37)22-38(23-27)33(43)46-34(3,4)5/h24-27H,7-23H2,1-6H3/t26-,27+/m1/s1. The molecule has 0 radical (unpaired) electrons. The van der Waals surface area contributed by atoms with Crippen molar-refractivity contribution < 1.29 is 28.6 Å². The Bertz CT molecular complexity index is 1170. The van der Waals surface area contributed by atoms with Crippen LogP contribution >= 0.6 is 11.6 Å². The molecule has 0 N–H and O–H groups in total. The van der Waals surface area contributed by atoms with Crippen molar-refractivity contribution in [1.82, 2.24) is 24.3 Å². The predicted octanol–water partition coefficient (Wildman–Crippen LogP) is 5.59. The highest BCUT2D eigenvalue weighted by Gasteiger charge is 2.42. The maximum Gasteiger partial charge on any atom is 0.410 e. The van der Waals surface area contributed by atoms with Gasteiger partial charge in [-0.1, -0.05) is 44.7 Å². The maximum atomic E-state index is 14.8. The van der Waals surface area contributed by atoms with Crippen molar-refractivity contribution >= 4 is 29.5 Å². The topological polar surface area (TPSA) is 106 Å². The van der Waals surface area contributed by atoms with Crippen LogP contribution in [-0.2, 0) is 25.5 Å². The Hall–Kier alpha value is -2.37. The second-order valence-corrected chi connectivity index (χ2v) is 14.9. The second kappa shape index (κ2) is 16.6. The lowest BCUT2D eigenvalue weighted by molar-refractivity contribution is -0.142. The SMILES string of the molecule is COCCCCn1c(C2CCCCC2)nc(Cl)c1C(=O)N(CC(C)C)[C@H]1C[C@@H](C(=O)N2CCOCC2)CN(C(=O)OC(C)(C)C)C1. The highest BCUT2D eigenvalue weighted by Crippen LogP contribution is 2.36. The Kier molecular flexibility index (Phi) is 13.2. The number of nitrogens with zero attached hydrogens (tertiary/aromatic N) is 5. The fraction of sp³-hybridized carbons (Fsp3) is 0.824. The predicted molar refractivity (Wildman–Crippen MR) is 177 cm³/mol. The minimum Gasteiger partial charge on any atom is -0.444 e. The molecule has 260 valence electrons. The largest absolute Gasteiger partial charge is 0.444 e. The van der Waals surface area contributed by atoms with Crippen LogP contribution in [-0.4, -0.2) is 113 Å². The van der Waals surface area contributed by atoms with Crippen molar-refractivity contribution in [3.63, 3.8) is 0 Å². The Morgan fingerprint density at radius 1 is 1.04 bits per heavy atom. The first kappa shape index (κ1) is 36.5. The molecule has 12 heteroatoms. The van der Waals surface area contributed by atoms with Gasteiger partial charge in [0.05, 0.1) is 25.2 Å². The number of carbonyl (C=O) groups excluding carboxylic acids is 3. The molecule has 0 unspecified atom stereocenters. The van der Waals surface area contributed by atoms with Gasteiger partial charge in [0.15, 0.2) is 5.15 Å². The van der Waals surface area contributed by atoms with E-state index in [2.05, 4.69) is 18.4 Å². The van der Waals surface area contributed by atoms with Crippen molar-refractivity contribution in [3.8, 4) is 0 Å². The molecule has 1 aromatic heterocycles. The highest BCUT2D eigenvalue weighted by atomic mass is 35.5. The van der Waals surface area contributed by atoms with Crippen molar-refractivity contribution in [2.45, 2.75) is 110 Å². The van der Waals surface area contributed by atoms with Crippen LogP contribution in [0.4, 0.5) is 4.79 Å². The average molecular weight is 666 g/mol. The third-order valence-electron chi connectivity index (χ3n) is 9.12. The Balaban J connectivity index is 1.69. The first-order valence-corrected chi connectivity index (χ1v) is 17.7. The molecule has 2 atom stereocenters. The van der Waals surface area contributed by atoms with E-state index in [1.54, 1.807) is 12.0 Å². The van der Waals surface area contributed by atoms with Crippen molar-refractivity contribution in [1.29, 1.82) is 0 Å². The van der Waals surface area contributed by atoms with Gasteiger partial charge in [-0.3, -0.25) is 9.59 Å². The van der Waals surface area contributed by atoms with Crippen LogP contribution in [0.1, 0.15) is 108 Å². The molecule has 1 aromatic rings. The van der Waals surface area contributed by atoms with E-state index in [1.807, 2.05) is 30.6 Å². The zero-order chi connectivity index (χ0) is 33.4. The van der Waals surface area contributed by atoms with E-state index in [0.29, 0.717) is 58.1 Å². The number of carbonyl (C=O) groups is 3. The third-order valence-corrected chi connectivity index (χ3v) is 9.39. The molecule has 46 heavy (non-hydrogen) atoms. The number of halogens is 1. The molecule has 11 nitrogen and oxygen atoms in total. The van der Waals surface area contributed by atoms with Crippen LogP contribution in [0.3, 0.4) is 0 Å². The summed E-state index contributed by atoms with van der Waals surface area (Å²) in [7, 11) is 1.70. The molecular formula is C34H56ClN5O6. The van der Waals surface area contributed by atoms with E-state index < -0.39 is 23.7 Å². The Morgan fingerprint density at radius 2 is 1.74 bits per heavy atom. The lowest BCUT2D eigenvalue weighted by atomic mass is 9.88. The number of hydrogen-bond donors (Lipinski definition) is 0. The van der Waals surface area contributed by atoms with E-state index in [-0.39, 0.29) is 41.9 Å². The van der Waals surface area contributed by atoms with Gasteiger partial charge in [-0.2, -0.15) is 0 Å². The van der Waals surface area contributed by atoms with Gasteiger partial charge in [0, 0.05) is 58.9 Å². The summed E-state index contributed by atoms with van der Waals surface area (Å²) in [6.45, 7) is 13.9. The van der Waals surface area contributed by atoms with E-state index in [1.165, 1.54) is 6.42 Å². The molecule has 0 aromatic carbocycles. The normalized spacial score (nSPS) is 21.5. The quantitative estimate of drug-likeness (QED) is 0.284. The van der Waals surface area contributed by atoms with Crippen molar-refractivity contribution in [3.05, 3.63) is 16.7 Å². The summed E-state index contributed by atoms with van der Waals surface area (Å²) in [6, 6.07) is -0.405. The molecule has 4 rings (SSSR count). The molecule has 3 aliphatic rings. The molecule has 3 fully saturated rings. The number of hydrogen-bond acceptors (Lipinski definition) is 7. The van der Waals surface area contributed by atoms with Crippen molar-refractivity contribution in [2.75, 3.05) is 59.7 Å². The molecule has 3 heterocycles. The lowest BCUT2D eigenvalue weighted by Gasteiger charge is -2.44. The van der Waals surface area contributed by atoms with E-state index in [0.717, 1.165) is 44.3 Å². The molecule has 0 bridgehead atoms. The fourth-order valence-corrected chi connectivity index (χ4v) is 7.25. The van der Waals surface area contributed by atoms with Gasteiger partial charge in [-0.05, 0) is 58.8 Å². The number of piperidine rings is 1.